The van der Waals surface area contributed by atoms with Crippen LogP contribution in [0, 0.1) is 0 Å². The zero-order chi connectivity index (χ0) is 15.2. The van der Waals surface area contributed by atoms with Crippen LogP contribution in [-0.4, -0.2) is 80.3 Å². The minimum absolute atomic E-state index is 0.280. The molecule has 116 valence electrons. The highest BCUT2D eigenvalue weighted by molar-refractivity contribution is 7.89. The number of carbonyl (C=O) groups excluding carboxylic acids is 1. The predicted octanol–water partition coefficient (Wildman–Crippen LogP) is -1.03. The molecule has 0 amide bonds. The first-order valence-electron chi connectivity index (χ1n) is 6.34. The summed E-state index contributed by atoms with van der Waals surface area (Å²) in [5.74, 6) is -1.78. The Bertz CT molecular complexity index is 442. The molecule has 1 aliphatic rings. The second kappa shape index (κ2) is 7.55. The second-order valence-corrected chi connectivity index (χ2v) is 6.62. The lowest BCUT2D eigenvalue weighted by Gasteiger charge is -2.33. The van der Waals surface area contributed by atoms with Gasteiger partial charge in [0.1, 0.15) is 0 Å². The number of piperazine rings is 1. The number of methoxy groups -OCH3 is 1. The zero-order valence-electron chi connectivity index (χ0n) is 11.4. The summed E-state index contributed by atoms with van der Waals surface area (Å²) in [5.41, 5.74) is 0. The molecule has 0 radical (unpaired) electrons. The maximum atomic E-state index is 11.9. The largest absolute Gasteiger partial charge is 0.481 e. The van der Waals surface area contributed by atoms with Crippen molar-refractivity contribution in [3.63, 3.8) is 0 Å². The number of ether oxygens (including phenoxy) is 1. The van der Waals surface area contributed by atoms with Crippen molar-refractivity contribution in [1.82, 2.24) is 9.21 Å². The Labute approximate surface area is 118 Å². The maximum Gasteiger partial charge on any atom is 0.306 e. The molecule has 0 saturated carbocycles. The first-order valence-corrected chi connectivity index (χ1v) is 7.95. The van der Waals surface area contributed by atoms with Crippen LogP contribution < -0.4 is 0 Å². The van der Waals surface area contributed by atoms with E-state index in [-0.39, 0.29) is 24.6 Å². The van der Waals surface area contributed by atoms with E-state index in [4.69, 9.17) is 5.11 Å². The van der Waals surface area contributed by atoms with Crippen molar-refractivity contribution in [2.75, 3.05) is 45.6 Å². The third-order valence-corrected chi connectivity index (χ3v) is 5.03. The van der Waals surface area contributed by atoms with Gasteiger partial charge in [-0.25, -0.2) is 8.42 Å². The van der Waals surface area contributed by atoms with E-state index in [0.717, 1.165) is 0 Å². The fourth-order valence-corrected chi connectivity index (χ4v) is 3.34. The summed E-state index contributed by atoms with van der Waals surface area (Å²) >= 11 is 0. The van der Waals surface area contributed by atoms with Crippen molar-refractivity contribution in [1.29, 1.82) is 0 Å². The molecule has 0 spiro atoms. The Morgan fingerprint density at radius 1 is 1.15 bits per heavy atom. The predicted molar refractivity (Wildman–Crippen MR) is 70.7 cm³/mol. The van der Waals surface area contributed by atoms with E-state index in [1.54, 1.807) is 0 Å². The number of hydrogen-bond donors (Lipinski definition) is 1. The molecule has 1 saturated heterocycles. The lowest BCUT2D eigenvalue weighted by Crippen LogP contribution is -2.49. The summed E-state index contributed by atoms with van der Waals surface area (Å²) in [6.07, 6.45) is -0.104. The van der Waals surface area contributed by atoms with Crippen LogP contribution in [0.2, 0.25) is 0 Å². The van der Waals surface area contributed by atoms with Crippen LogP contribution in [0.4, 0.5) is 0 Å². The molecule has 0 unspecified atom stereocenters. The topological polar surface area (TPSA) is 104 Å². The van der Waals surface area contributed by atoms with Crippen molar-refractivity contribution in [3.8, 4) is 0 Å². The van der Waals surface area contributed by atoms with Crippen LogP contribution >= 0.6 is 0 Å². The average Bonchev–Trinajstić information content (AvgIpc) is 2.43. The van der Waals surface area contributed by atoms with Gasteiger partial charge >= 0.3 is 11.9 Å². The van der Waals surface area contributed by atoms with Crippen LogP contribution in [0.15, 0.2) is 0 Å². The number of carboxylic acids is 1. The number of sulfonamides is 1. The molecule has 1 N–H and O–H groups in total. The molecule has 0 aromatic heterocycles. The summed E-state index contributed by atoms with van der Waals surface area (Å²) < 4.78 is 29.6. The third-order valence-electron chi connectivity index (χ3n) is 3.16. The van der Waals surface area contributed by atoms with Gasteiger partial charge in [-0.1, -0.05) is 0 Å². The molecule has 9 heteroatoms. The van der Waals surface area contributed by atoms with Crippen molar-refractivity contribution in [3.05, 3.63) is 0 Å². The molecule has 0 aromatic carbocycles. The Morgan fingerprint density at radius 3 is 2.25 bits per heavy atom. The molecule has 8 nitrogen and oxygen atoms in total. The van der Waals surface area contributed by atoms with E-state index in [2.05, 4.69) is 4.74 Å². The third kappa shape index (κ3) is 5.43. The number of carboxylic acid groups (broad SMARTS) is 1. The zero-order valence-corrected chi connectivity index (χ0v) is 12.3. The Morgan fingerprint density at radius 2 is 1.75 bits per heavy atom. The van der Waals surface area contributed by atoms with Gasteiger partial charge in [-0.15, -0.1) is 0 Å². The Kier molecular flexibility index (Phi) is 6.37. The molecule has 1 heterocycles. The van der Waals surface area contributed by atoms with E-state index in [1.807, 2.05) is 4.90 Å². The molecular formula is C11H20N2O6S. The van der Waals surface area contributed by atoms with Gasteiger partial charge < -0.3 is 14.7 Å². The van der Waals surface area contributed by atoms with Crippen molar-refractivity contribution in [2.24, 2.45) is 0 Å². The van der Waals surface area contributed by atoms with E-state index < -0.39 is 16.0 Å². The summed E-state index contributed by atoms with van der Waals surface area (Å²) in [7, 11) is -2.17. The minimum Gasteiger partial charge on any atom is -0.481 e. The lowest BCUT2D eigenvalue weighted by atomic mass is 10.3. The smallest absolute Gasteiger partial charge is 0.306 e. The van der Waals surface area contributed by atoms with E-state index in [9.17, 15) is 18.0 Å². The van der Waals surface area contributed by atoms with Crippen molar-refractivity contribution in [2.45, 2.75) is 12.8 Å². The highest BCUT2D eigenvalue weighted by Crippen LogP contribution is 2.09. The number of carbonyl (C=O) groups is 2. The fraction of sp³-hybridized carbons (Fsp3) is 0.818. The molecule has 20 heavy (non-hydrogen) atoms. The molecule has 0 bridgehead atoms. The normalized spacial score (nSPS) is 17.9. The molecule has 1 aliphatic heterocycles. The van der Waals surface area contributed by atoms with Gasteiger partial charge in [0, 0.05) is 32.7 Å². The summed E-state index contributed by atoms with van der Waals surface area (Å²) in [6, 6.07) is 0. The average molecular weight is 308 g/mol. The van der Waals surface area contributed by atoms with Crippen LogP contribution in [-0.2, 0) is 24.3 Å². The van der Waals surface area contributed by atoms with Gasteiger partial charge in [-0.2, -0.15) is 4.31 Å². The van der Waals surface area contributed by atoms with Gasteiger partial charge in [0.05, 0.1) is 25.7 Å². The fourth-order valence-electron chi connectivity index (χ4n) is 1.93. The van der Waals surface area contributed by atoms with E-state index in [1.165, 1.54) is 11.4 Å². The van der Waals surface area contributed by atoms with E-state index in [0.29, 0.717) is 32.7 Å². The van der Waals surface area contributed by atoms with Gasteiger partial charge in [-0.3, -0.25) is 9.59 Å². The first kappa shape index (κ1) is 16.9. The number of rotatable bonds is 7. The summed E-state index contributed by atoms with van der Waals surface area (Å²) in [4.78, 5) is 23.4. The van der Waals surface area contributed by atoms with Crippen LogP contribution in [0.3, 0.4) is 0 Å². The molecule has 1 rings (SSSR count). The Balaban J connectivity index is 2.37. The van der Waals surface area contributed by atoms with Gasteiger partial charge in [0.2, 0.25) is 10.0 Å². The summed E-state index contributed by atoms with van der Waals surface area (Å²) in [5, 5.41) is 8.53. The second-order valence-electron chi connectivity index (χ2n) is 4.53. The van der Waals surface area contributed by atoms with Gasteiger partial charge in [-0.05, 0) is 0 Å². The van der Waals surface area contributed by atoms with Crippen LogP contribution in [0.25, 0.3) is 0 Å². The number of hydrogen-bond acceptors (Lipinski definition) is 6. The molecule has 0 atom stereocenters. The molecular weight excluding hydrogens is 288 g/mol. The maximum absolute atomic E-state index is 11.9. The minimum atomic E-state index is -3.50. The van der Waals surface area contributed by atoms with Crippen molar-refractivity contribution >= 4 is 22.0 Å². The molecule has 0 aliphatic carbocycles. The first-order chi connectivity index (χ1) is 9.35. The van der Waals surface area contributed by atoms with E-state index >= 15 is 0 Å². The SMILES string of the molecule is COC(=O)CCN1CCN(S(=O)(=O)CCC(=O)O)CC1. The number of aliphatic carboxylic acids is 1. The Hall–Kier alpha value is -1.19. The number of nitrogens with zero attached hydrogens (tertiary/aromatic N) is 2. The molecule has 1 fully saturated rings. The number of esters is 1. The standard InChI is InChI=1S/C11H20N2O6S/c1-19-11(16)2-4-12-5-7-13(8-6-12)20(17,18)9-3-10(14)15/h2-9H2,1H3,(H,14,15). The highest BCUT2D eigenvalue weighted by Gasteiger charge is 2.27. The molecule has 0 aromatic rings. The van der Waals surface area contributed by atoms with Gasteiger partial charge in [0.25, 0.3) is 0 Å². The summed E-state index contributed by atoms with van der Waals surface area (Å²) in [6.45, 7) is 2.24. The monoisotopic (exact) mass is 308 g/mol. The quantitative estimate of drug-likeness (QED) is 0.600. The lowest BCUT2D eigenvalue weighted by molar-refractivity contribution is -0.141. The van der Waals surface area contributed by atoms with Crippen molar-refractivity contribution < 1.29 is 27.9 Å². The van der Waals surface area contributed by atoms with Crippen LogP contribution in [0.1, 0.15) is 12.8 Å². The van der Waals surface area contributed by atoms with Gasteiger partial charge in [0.15, 0.2) is 0 Å². The highest BCUT2D eigenvalue weighted by atomic mass is 32.2. The van der Waals surface area contributed by atoms with Crippen LogP contribution in [0.5, 0.6) is 0 Å².